The number of nitrogens with one attached hydrogen (secondary N) is 2. The van der Waals surface area contributed by atoms with Crippen molar-refractivity contribution in [2.75, 3.05) is 19.5 Å². The van der Waals surface area contributed by atoms with E-state index in [0.717, 1.165) is 0 Å². The van der Waals surface area contributed by atoms with Gasteiger partial charge in [-0.15, -0.1) is 0 Å². The first kappa shape index (κ1) is 17.3. The zero-order valence-corrected chi connectivity index (χ0v) is 14.2. The molecule has 0 unspecified atom stereocenters. The maximum Gasteiger partial charge on any atom is 0.171 e. The molecule has 2 rings (SSSR count). The largest absolute Gasteiger partial charge is 0.497 e. The molecule has 0 heterocycles. The van der Waals surface area contributed by atoms with E-state index >= 15 is 0 Å². The highest BCUT2D eigenvalue weighted by atomic mass is 35.5. The summed E-state index contributed by atoms with van der Waals surface area (Å²) in [5.74, 6) is 0.902. The van der Waals surface area contributed by atoms with Crippen LogP contribution in [0.2, 0.25) is 5.02 Å². The smallest absolute Gasteiger partial charge is 0.171 e. The normalized spacial score (nSPS) is 10.1. The molecule has 0 aliphatic carbocycles. The minimum atomic E-state index is -0.383. The maximum atomic E-state index is 13.7. The Morgan fingerprint density at radius 1 is 1.17 bits per heavy atom. The van der Waals surface area contributed by atoms with E-state index < -0.39 is 0 Å². The zero-order valence-electron chi connectivity index (χ0n) is 12.7. The van der Waals surface area contributed by atoms with Gasteiger partial charge < -0.3 is 20.1 Å². The first-order valence-corrected chi connectivity index (χ1v) is 7.53. The molecule has 0 fully saturated rings. The van der Waals surface area contributed by atoms with E-state index in [1.54, 1.807) is 44.6 Å². The summed E-state index contributed by atoms with van der Waals surface area (Å²) in [5, 5.41) is 6.63. The minimum Gasteiger partial charge on any atom is -0.497 e. The lowest BCUT2D eigenvalue weighted by Gasteiger charge is -2.14. The van der Waals surface area contributed by atoms with Gasteiger partial charge in [-0.25, -0.2) is 4.39 Å². The Bertz CT molecular complexity index is 712. The van der Waals surface area contributed by atoms with Gasteiger partial charge >= 0.3 is 0 Å². The molecular formula is C16H16ClFN2O2S. The molecule has 0 saturated carbocycles. The van der Waals surface area contributed by atoms with Gasteiger partial charge in [-0.3, -0.25) is 0 Å². The Kier molecular flexibility index (Phi) is 6.01. The molecule has 0 spiro atoms. The van der Waals surface area contributed by atoms with E-state index in [0.29, 0.717) is 32.9 Å². The number of hydrogen-bond donors (Lipinski definition) is 2. The number of anilines is 1. The average molecular weight is 355 g/mol. The summed E-state index contributed by atoms with van der Waals surface area (Å²) in [6.07, 6.45) is 0. The summed E-state index contributed by atoms with van der Waals surface area (Å²) >= 11 is 10.9. The fourth-order valence-corrected chi connectivity index (χ4v) is 2.26. The first-order chi connectivity index (χ1) is 11.0. The molecule has 0 saturated heterocycles. The molecule has 4 nitrogen and oxygen atoms in total. The number of benzene rings is 2. The van der Waals surface area contributed by atoms with Gasteiger partial charge in [0.1, 0.15) is 17.3 Å². The monoisotopic (exact) mass is 354 g/mol. The third-order valence-electron chi connectivity index (χ3n) is 3.11. The Hall–Kier alpha value is -2.05. The molecule has 2 N–H and O–H groups in total. The molecule has 2 aromatic carbocycles. The summed E-state index contributed by atoms with van der Waals surface area (Å²) < 4.78 is 24.2. The van der Waals surface area contributed by atoms with Crippen molar-refractivity contribution in [1.82, 2.24) is 5.32 Å². The van der Waals surface area contributed by atoms with Gasteiger partial charge in [-0.2, -0.15) is 0 Å². The van der Waals surface area contributed by atoms with Crippen molar-refractivity contribution in [2.24, 2.45) is 0 Å². The summed E-state index contributed by atoms with van der Waals surface area (Å²) in [6, 6.07) is 9.81. The van der Waals surface area contributed by atoms with Crippen molar-refractivity contribution in [2.45, 2.75) is 6.54 Å². The van der Waals surface area contributed by atoms with E-state index in [1.807, 2.05) is 0 Å². The highest BCUT2D eigenvalue weighted by molar-refractivity contribution is 7.80. The lowest BCUT2D eigenvalue weighted by Crippen LogP contribution is -2.28. The second-order valence-corrected chi connectivity index (χ2v) is 5.45. The van der Waals surface area contributed by atoms with Crippen LogP contribution in [0.3, 0.4) is 0 Å². The number of hydrogen-bond acceptors (Lipinski definition) is 3. The van der Waals surface area contributed by atoms with E-state index in [1.165, 1.54) is 6.07 Å². The molecule has 122 valence electrons. The summed E-state index contributed by atoms with van der Waals surface area (Å²) in [6.45, 7) is 0.237. The lowest BCUT2D eigenvalue weighted by molar-refractivity contribution is 0.405. The summed E-state index contributed by atoms with van der Waals surface area (Å²) in [5.41, 5.74) is 1.12. The van der Waals surface area contributed by atoms with Gasteiger partial charge in [-0.05, 0) is 36.5 Å². The van der Waals surface area contributed by atoms with E-state index in [2.05, 4.69) is 10.6 Å². The predicted octanol–water partition coefficient (Wildman–Crippen LogP) is 3.98. The van der Waals surface area contributed by atoms with E-state index in [-0.39, 0.29) is 12.4 Å². The van der Waals surface area contributed by atoms with Gasteiger partial charge in [-0.1, -0.05) is 17.7 Å². The second-order valence-electron chi connectivity index (χ2n) is 4.61. The van der Waals surface area contributed by atoms with Crippen molar-refractivity contribution < 1.29 is 13.9 Å². The molecule has 23 heavy (non-hydrogen) atoms. The van der Waals surface area contributed by atoms with Crippen molar-refractivity contribution in [3.8, 4) is 11.5 Å². The van der Waals surface area contributed by atoms with Crippen molar-refractivity contribution in [3.63, 3.8) is 0 Å². The number of halogens is 2. The summed E-state index contributed by atoms with van der Waals surface area (Å²) in [7, 11) is 3.14. The standard InChI is InChI=1S/C16H16ClFN2O2S/c1-21-12-5-6-15(22-2)14(8-12)20-16(23)19-9-10-3-4-11(17)7-13(10)18/h3-8H,9H2,1-2H3,(H2,19,20,23). The predicted molar refractivity (Wildman–Crippen MR) is 94.0 cm³/mol. The van der Waals surface area contributed by atoms with Crippen molar-refractivity contribution in [1.29, 1.82) is 0 Å². The molecule has 0 bridgehead atoms. The molecule has 0 radical (unpaired) electrons. The quantitative estimate of drug-likeness (QED) is 0.795. The molecule has 7 heteroatoms. The Labute approximate surface area is 144 Å². The zero-order chi connectivity index (χ0) is 16.8. The highest BCUT2D eigenvalue weighted by Crippen LogP contribution is 2.28. The van der Waals surface area contributed by atoms with Crippen LogP contribution in [-0.2, 0) is 6.54 Å². The van der Waals surface area contributed by atoms with Crippen LogP contribution in [0.25, 0.3) is 0 Å². The number of methoxy groups -OCH3 is 2. The van der Waals surface area contributed by atoms with Gasteiger partial charge in [0.15, 0.2) is 5.11 Å². The third-order valence-corrected chi connectivity index (χ3v) is 3.59. The van der Waals surface area contributed by atoms with Crippen LogP contribution in [0.15, 0.2) is 36.4 Å². The lowest BCUT2D eigenvalue weighted by atomic mass is 10.2. The minimum absolute atomic E-state index is 0.237. The molecule has 0 amide bonds. The Balaban J connectivity index is 2.02. The average Bonchev–Trinajstić information content (AvgIpc) is 2.54. The highest BCUT2D eigenvalue weighted by Gasteiger charge is 2.08. The van der Waals surface area contributed by atoms with Crippen molar-refractivity contribution >= 4 is 34.6 Å². The Morgan fingerprint density at radius 3 is 2.61 bits per heavy atom. The molecular weight excluding hydrogens is 339 g/mol. The molecule has 0 atom stereocenters. The second kappa shape index (κ2) is 7.99. The van der Waals surface area contributed by atoms with Crippen molar-refractivity contribution in [3.05, 3.63) is 52.8 Å². The topological polar surface area (TPSA) is 42.5 Å². The van der Waals surface area contributed by atoms with Crippen LogP contribution in [-0.4, -0.2) is 19.3 Å². The molecule has 0 aliphatic heterocycles. The van der Waals surface area contributed by atoms with Gasteiger partial charge in [0.2, 0.25) is 0 Å². The fraction of sp³-hybridized carbons (Fsp3) is 0.188. The van der Waals surface area contributed by atoms with Crippen LogP contribution in [0.5, 0.6) is 11.5 Å². The molecule has 2 aromatic rings. The van der Waals surface area contributed by atoms with Crippen LogP contribution in [0.4, 0.5) is 10.1 Å². The van der Waals surface area contributed by atoms with Gasteiger partial charge in [0.25, 0.3) is 0 Å². The molecule has 0 aliphatic rings. The fourth-order valence-electron chi connectivity index (χ4n) is 1.92. The van der Waals surface area contributed by atoms with Crippen LogP contribution in [0.1, 0.15) is 5.56 Å². The van der Waals surface area contributed by atoms with E-state index in [4.69, 9.17) is 33.3 Å². The third kappa shape index (κ3) is 4.71. The SMILES string of the molecule is COc1ccc(OC)c(NC(=S)NCc2ccc(Cl)cc2F)c1. The van der Waals surface area contributed by atoms with Gasteiger partial charge in [0.05, 0.1) is 19.9 Å². The molecule has 0 aromatic heterocycles. The van der Waals surface area contributed by atoms with Crippen LogP contribution >= 0.6 is 23.8 Å². The number of thiocarbonyl (C=S) groups is 1. The van der Waals surface area contributed by atoms with Crippen LogP contribution in [0, 0.1) is 5.82 Å². The summed E-state index contributed by atoms with van der Waals surface area (Å²) in [4.78, 5) is 0. The van der Waals surface area contributed by atoms with E-state index in [9.17, 15) is 4.39 Å². The van der Waals surface area contributed by atoms with Crippen LogP contribution < -0.4 is 20.1 Å². The Morgan fingerprint density at radius 2 is 1.96 bits per heavy atom. The van der Waals surface area contributed by atoms with Gasteiger partial charge in [0, 0.05) is 23.2 Å². The maximum absolute atomic E-state index is 13.7. The number of rotatable bonds is 5. The number of ether oxygens (including phenoxy) is 2. The first-order valence-electron chi connectivity index (χ1n) is 6.74.